The summed E-state index contributed by atoms with van der Waals surface area (Å²) in [6, 6.07) is 78.3. The molecule has 0 aliphatic heterocycles. The molecule has 0 aliphatic rings. The third-order valence-electron chi connectivity index (χ3n) is 11.6. The van der Waals surface area contributed by atoms with Crippen LogP contribution in [0.1, 0.15) is 5.56 Å². The summed E-state index contributed by atoms with van der Waals surface area (Å²) in [6.07, 6.45) is 0. The van der Waals surface area contributed by atoms with Crippen molar-refractivity contribution in [1.29, 1.82) is 5.26 Å². The zero-order chi connectivity index (χ0) is 38.6. The zero-order valence-corrected chi connectivity index (χ0v) is 31.5. The second kappa shape index (κ2) is 13.7. The predicted octanol–water partition coefficient (Wildman–Crippen LogP) is 14.4. The highest BCUT2D eigenvalue weighted by molar-refractivity contribution is 6.14. The molecule has 2 aromatic heterocycles. The van der Waals surface area contributed by atoms with Gasteiger partial charge in [-0.2, -0.15) is 5.26 Å². The molecule has 0 aliphatic carbocycles. The second-order valence-corrected chi connectivity index (χ2v) is 14.9. The van der Waals surface area contributed by atoms with Crippen LogP contribution in [0.25, 0.3) is 99.5 Å². The molecule has 0 unspecified atom stereocenters. The molecule has 11 aromatic rings. The number of benzene rings is 9. The van der Waals surface area contributed by atoms with Crippen molar-refractivity contribution in [2.45, 2.75) is 0 Å². The third-order valence-corrected chi connectivity index (χ3v) is 11.6. The second-order valence-electron chi connectivity index (χ2n) is 14.9. The van der Waals surface area contributed by atoms with Crippen molar-refractivity contribution < 1.29 is 0 Å². The van der Waals surface area contributed by atoms with Gasteiger partial charge in [0.1, 0.15) is 0 Å². The van der Waals surface area contributed by atoms with E-state index in [-0.39, 0.29) is 0 Å². The van der Waals surface area contributed by atoms with Crippen LogP contribution in [0, 0.1) is 11.3 Å². The molecule has 0 bridgehead atoms. The smallest absolute Gasteiger partial charge is 0.0991 e. The monoisotopic (exact) mass is 737 g/mol. The number of para-hydroxylation sites is 1. The summed E-state index contributed by atoms with van der Waals surface area (Å²) in [6.45, 7) is 0. The van der Waals surface area contributed by atoms with Gasteiger partial charge in [0, 0.05) is 32.9 Å². The van der Waals surface area contributed by atoms with Gasteiger partial charge in [-0.1, -0.05) is 127 Å². The van der Waals surface area contributed by atoms with Gasteiger partial charge in [0.15, 0.2) is 0 Å². The van der Waals surface area contributed by atoms with Crippen LogP contribution in [0.2, 0.25) is 0 Å². The largest absolute Gasteiger partial charge is 0.309 e. The summed E-state index contributed by atoms with van der Waals surface area (Å²) in [5.41, 5.74) is 17.0. The van der Waals surface area contributed by atoms with Gasteiger partial charge in [-0.05, 0) is 129 Å². The number of aromatic nitrogens is 2. The Morgan fingerprint density at radius 2 is 0.569 bits per heavy atom. The maximum atomic E-state index is 9.29. The third kappa shape index (κ3) is 5.59. The molecule has 11 rings (SSSR count). The average Bonchev–Trinajstić information content (AvgIpc) is 3.81. The van der Waals surface area contributed by atoms with Crippen LogP contribution in [-0.4, -0.2) is 9.13 Å². The van der Waals surface area contributed by atoms with E-state index in [2.05, 4.69) is 203 Å². The minimum absolute atomic E-state index is 0.663. The van der Waals surface area contributed by atoms with Crippen molar-refractivity contribution in [2.75, 3.05) is 0 Å². The molecule has 0 saturated heterocycles. The molecule has 0 spiro atoms. The summed E-state index contributed by atoms with van der Waals surface area (Å²) in [5, 5.41) is 14.2. The van der Waals surface area contributed by atoms with Gasteiger partial charge < -0.3 is 9.13 Å². The Kier molecular flexibility index (Phi) is 7.88. The van der Waals surface area contributed by atoms with Crippen molar-refractivity contribution in [1.82, 2.24) is 9.13 Å². The standard InChI is InChI=1S/C55H35N3/c56-36-37-16-18-40(19-17-37)41-20-26-47(27-21-41)58-54-29-23-43(39-12-6-2-7-13-39)33-49(54)51-35-45(25-31-55(51)58)44-24-30-53-50(34-44)48-32-42(38-10-4-1-5-11-38)22-28-52(48)57(53)46-14-8-3-9-15-46/h1-35H. The molecule has 3 heteroatoms. The topological polar surface area (TPSA) is 33.6 Å². The SMILES string of the molecule is N#Cc1ccc(-c2ccc(-n3c4ccc(-c5ccccc5)cc4c4cc(-c5ccc6c(c5)c5cc(-c7ccccc7)ccc5n6-c5ccccc5)ccc43)cc2)cc1. The van der Waals surface area contributed by atoms with Crippen LogP contribution < -0.4 is 0 Å². The molecular weight excluding hydrogens is 703 g/mol. The minimum atomic E-state index is 0.663. The van der Waals surface area contributed by atoms with Gasteiger partial charge in [0.25, 0.3) is 0 Å². The molecule has 3 nitrogen and oxygen atoms in total. The van der Waals surface area contributed by atoms with E-state index in [1.807, 2.05) is 24.3 Å². The normalized spacial score (nSPS) is 11.4. The highest BCUT2D eigenvalue weighted by atomic mass is 15.0. The van der Waals surface area contributed by atoms with E-state index in [9.17, 15) is 5.26 Å². The molecule has 270 valence electrons. The molecule has 58 heavy (non-hydrogen) atoms. The Hall–Kier alpha value is -7.93. The Labute approximate surface area is 336 Å². The van der Waals surface area contributed by atoms with E-state index >= 15 is 0 Å². The van der Waals surface area contributed by atoms with Crippen molar-refractivity contribution in [3.63, 3.8) is 0 Å². The molecule has 0 atom stereocenters. The van der Waals surface area contributed by atoms with Gasteiger partial charge >= 0.3 is 0 Å². The fourth-order valence-corrected chi connectivity index (χ4v) is 8.70. The van der Waals surface area contributed by atoms with E-state index in [0.717, 1.165) is 33.5 Å². The molecule has 0 saturated carbocycles. The van der Waals surface area contributed by atoms with E-state index in [4.69, 9.17) is 0 Å². The lowest BCUT2D eigenvalue weighted by molar-refractivity contribution is 1.18. The minimum Gasteiger partial charge on any atom is -0.309 e. The van der Waals surface area contributed by atoms with Gasteiger partial charge in [0.2, 0.25) is 0 Å². The lowest BCUT2D eigenvalue weighted by Crippen LogP contribution is -1.94. The quantitative estimate of drug-likeness (QED) is 0.167. The Morgan fingerprint density at radius 1 is 0.276 bits per heavy atom. The van der Waals surface area contributed by atoms with Crippen LogP contribution in [0.15, 0.2) is 212 Å². The number of hydrogen-bond acceptors (Lipinski definition) is 1. The molecule has 0 radical (unpaired) electrons. The van der Waals surface area contributed by atoms with Crippen molar-refractivity contribution in [3.8, 4) is 62.0 Å². The lowest BCUT2D eigenvalue weighted by atomic mass is 9.98. The van der Waals surface area contributed by atoms with E-state index in [1.54, 1.807) is 0 Å². The average molecular weight is 738 g/mol. The first-order chi connectivity index (χ1) is 28.7. The van der Waals surface area contributed by atoms with Crippen molar-refractivity contribution >= 4 is 43.6 Å². The van der Waals surface area contributed by atoms with Crippen LogP contribution in [-0.2, 0) is 0 Å². The van der Waals surface area contributed by atoms with Gasteiger partial charge in [-0.15, -0.1) is 0 Å². The van der Waals surface area contributed by atoms with Crippen molar-refractivity contribution in [3.05, 3.63) is 218 Å². The summed E-state index contributed by atoms with van der Waals surface area (Å²) < 4.78 is 4.77. The van der Waals surface area contributed by atoms with Gasteiger partial charge in [0.05, 0.1) is 33.7 Å². The van der Waals surface area contributed by atoms with Crippen LogP contribution in [0.4, 0.5) is 0 Å². The predicted molar refractivity (Wildman–Crippen MR) is 242 cm³/mol. The first-order valence-corrected chi connectivity index (χ1v) is 19.6. The van der Waals surface area contributed by atoms with E-state index in [1.165, 1.54) is 66.0 Å². The molecule has 0 N–H and O–H groups in total. The van der Waals surface area contributed by atoms with Gasteiger partial charge in [-0.3, -0.25) is 0 Å². The fraction of sp³-hybridized carbons (Fsp3) is 0. The molecule has 2 heterocycles. The highest BCUT2D eigenvalue weighted by Gasteiger charge is 2.18. The lowest BCUT2D eigenvalue weighted by Gasteiger charge is -2.10. The zero-order valence-electron chi connectivity index (χ0n) is 31.5. The van der Waals surface area contributed by atoms with Crippen LogP contribution in [0.5, 0.6) is 0 Å². The number of nitrogens with zero attached hydrogens (tertiary/aromatic N) is 3. The number of hydrogen-bond donors (Lipinski definition) is 0. The maximum Gasteiger partial charge on any atom is 0.0991 e. The van der Waals surface area contributed by atoms with Crippen LogP contribution >= 0.6 is 0 Å². The number of nitriles is 1. The number of fused-ring (bicyclic) bond motifs is 6. The van der Waals surface area contributed by atoms with E-state index < -0.39 is 0 Å². The first-order valence-electron chi connectivity index (χ1n) is 19.6. The first kappa shape index (κ1) is 33.4. The Morgan fingerprint density at radius 3 is 0.948 bits per heavy atom. The molecular formula is C55H35N3. The van der Waals surface area contributed by atoms with Crippen molar-refractivity contribution in [2.24, 2.45) is 0 Å². The summed E-state index contributed by atoms with van der Waals surface area (Å²) in [7, 11) is 0. The maximum absolute atomic E-state index is 9.29. The molecule has 0 fully saturated rings. The molecule has 9 aromatic carbocycles. The summed E-state index contributed by atoms with van der Waals surface area (Å²) in [4.78, 5) is 0. The summed E-state index contributed by atoms with van der Waals surface area (Å²) >= 11 is 0. The van der Waals surface area contributed by atoms with Crippen LogP contribution in [0.3, 0.4) is 0 Å². The number of rotatable bonds is 6. The fourth-order valence-electron chi connectivity index (χ4n) is 8.70. The summed E-state index contributed by atoms with van der Waals surface area (Å²) in [5.74, 6) is 0. The Bertz CT molecular complexity index is 3350. The Balaban J connectivity index is 1.09. The van der Waals surface area contributed by atoms with E-state index in [0.29, 0.717) is 5.56 Å². The highest BCUT2D eigenvalue weighted by Crippen LogP contribution is 2.40. The van der Waals surface area contributed by atoms with Gasteiger partial charge in [-0.25, -0.2) is 0 Å². The molecule has 0 amide bonds.